The van der Waals surface area contributed by atoms with Gasteiger partial charge in [0, 0.05) is 5.56 Å². The summed E-state index contributed by atoms with van der Waals surface area (Å²) in [6.07, 6.45) is 0. The zero-order valence-electron chi connectivity index (χ0n) is 6.78. The first kappa shape index (κ1) is 7.46. The van der Waals surface area contributed by atoms with E-state index in [2.05, 4.69) is 0 Å². The van der Waals surface area contributed by atoms with Crippen molar-refractivity contribution >= 4 is 5.91 Å². The SMILES string of the molecule is C[N+]1([O-])Cc2ccccc2C1=O. The Morgan fingerprint density at radius 1 is 1.42 bits per heavy atom. The molecule has 1 unspecified atom stereocenters. The standard InChI is InChI=1S/C9H9NO2/c1-10(12)6-7-4-2-3-5-8(7)9(10)11/h2-5H,6H2,1H3. The Morgan fingerprint density at radius 2 is 2.08 bits per heavy atom. The highest BCUT2D eigenvalue weighted by molar-refractivity contribution is 5.92. The monoisotopic (exact) mass is 163 g/mol. The lowest BCUT2D eigenvalue weighted by atomic mass is 10.1. The zero-order chi connectivity index (χ0) is 8.77. The van der Waals surface area contributed by atoms with E-state index in [-0.39, 0.29) is 12.5 Å². The molecule has 1 amide bonds. The number of hydrogen-bond acceptors (Lipinski definition) is 2. The van der Waals surface area contributed by atoms with Gasteiger partial charge in [-0.2, -0.15) is 0 Å². The molecule has 1 heterocycles. The first-order chi connectivity index (χ1) is 5.61. The van der Waals surface area contributed by atoms with Crippen molar-refractivity contribution in [2.24, 2.45) is 0 Å². The smallest absolute Gasteiger partial charge is 0.346 e. The molecular weight excluding hydrogens is 154 g/mol. The van der Waals surface area contributed by atoms with Crippen LogP contribution in [0.5, 0.6) is 0 Å². The molecule has 2 rings (SSSR count). The fourth-order valence-corrected chi connectivity index (χ4v) is 1.52. The largest absolute Gasteiger partial charge is 0.625 e. The minimum atomic E-state index is -0.792. The number of rotatable bonds is 0. The molecule has 0 saturated carbocycles. The number of nitrogens with zero attached hydrogens (tertiary/aromatic N) is 1. The summed E-state index contributed by atoms with van der Waals surface area (Å²) in [6.45, 7) is 0.273. The van der Waals surface area contributed by atoms with Crippen molar-refractivity contribution in [3.63, 3.8) is 0 Å². The average Bonchev–Trinajstić information content (AvgIpc) is 2.24. The molecule has 12 heavy (non-hydrogen) atoms. The van der Waals surface area contributed by atoms with E-state index in [1.807, 2.05) is 12.1 Å². The Morgan fingerprint density at radius 3 is 2.75 bits per heavy atom. The molecule has 0 fully saturated rings. The summed E-state index contributed by atoms with van der Waals surface area (Å²) in [6, 6.07) is 7.16. The van der Waals surface area contributed by atoms with Crippen LogP contribution in [0, 0.1) is 5.21 Å². The van der Waals surface area contributed by atoms with E-state index in [4.69, 9.17) is 0 Å². The van der Waals surface area contributed by atoms with Crippen LogP contribution in [-0.2, 0) is 6.54 Å². The molecular formula is C9H9NO2. The summed E-state index contributed by atoms with van der Waals surface area (Å²) in [5.41, 5.74) is 1.44. The molecule has 1 aliphatic rings. The van der Waals surface area contributed by atoms with Crippen molar-refractivity contribution < 1.29 is 9.44 Å². The minimum Gasteiger partial charge on any atom is -0.625 e. The van der Waals surface area contributed by atoms with Gasteiger partial charge in [0.05, 0.1) is 12.6 Å². The summed E-state index contributed by atoms with van der Waals surface area (Å²) in [4.78, 5) is 11.4. The molecule has 0 bridgehead atoms. The second kappa shape index (κ2) is 2.15. The quantitative estimate of drug-likeness (QED) is 0.427. The lowest BCUT2D eigenvalue weighted by molar-refractivity contribution is -0.785. The Labute approximate surface area is 70.4 Å². The molecule has 1 aliphatic heterocycles. The fourth-order valence-electron chi connectivity index (χ4n) is 1.52. The van der Waals surface area contributed by atoms with Gasteiger partial charge in [0.2, 0.25) is 0 Å². The highest BCUT2D eigenvalue weighted by Gasteiger charge is 2.34. The molecule has 62 valence electrons. The molecule has 0 aromatic heterocycles. The highest BCUT2D eigenvalue weighted by atomic mass is 16.6. The zero-order valence-corrected chi connectivity index (χ0v) is 6.78. The third-order valence-electron chi connectivity index (χ3n) is 2.15. The third-order valence-corrected chi connectivity index (χ3v) is 2.15. The Kier molecular flexibility index (Phi) is 1.34. The van der Waals surface area contributed by atoms with Crippen molar-refractivity contribution in [1.29, 1.82) is 0 Å². The number of amides is 1. The Hall–Kier alpha value is -1.19. The van der Waals surface area contributed by atoms with Crippen LogP contribution in [0.2, 0.25) is 0 Å². The maximum absolute atomic E-state index is 11.5. The number of carbonyl (C=O) groups is 1. The number of fused-ring (bicyclic) bond motifs is 1. The van der Waals surface area contributed by atoms with Crippen LogP contribution in [0.1, 0.15) is 15.9 Å². The molecule has 0 aliphatic carbocycles. The van der Waals surface area contributed by atoms with Crippen LogP contribution >= 0.6 is 0 Å². The van der Waals surface area contributed by atoms with E-state index in [0.29, 0.717) is 5.56 Å². The Bertz CT molecular complexity index is 344. The van der Waals surface area contributed by atoms with E-state index in [9.17, 15) is 10.0 Å². The molecule has 3 nitrogen and oxygen atoms in total. The molecule has 0 saturated heterocycles. The number of quaternary nitrogens is 1. The normalized spacial score (nSPS) is 27.3. The van der Waals surface area contributed by atoms with Crippen LogP contribution in [0.25, 0.3) is 0 Å². The molecule has 0 spiro atoms. The van der Waals surface area contributed by atoms with Crippen LogP contribution in [0.15, 0.2) is 24.3 Å². The average molecular weight is 163 g/mol. The van der Waals surface area contributed by atoms with Gasteiger partial charge >= 0.3 is 5.91 Å². The summed E-state index contributed by atoms with van der Waals surface area (Å²) in [5, 5.41) is 11.5. The van der Waals surface area contributed by atoms with E-state index >= 15 is 0 Å². The molecule has 1 aromatic rings. The lowest BCUT2D eigenvalue weighted by Crippen LogP contribution is -2.37. The fraction of sp³-hybridized carbons (Fsp3) is 0.222. The van der Waals surface area contributed by atoms with Crippen LogP contribution in [0.3, 0.4) is 0 Å². The van der Waals surface area contributed by atoms with Gasteiger partial charge in [0.1, 0.15) is 6.54 Å². The number of benzene rings is 1. The predicted molar refractivity (Wildman–Crippen MR) is 44.0 cm³/mol. The maximum Gasteiger partial charge on any atom is 0.346 e. The number of hydroxylamine groups is 3. The topological polar surface area (TPSA) is 40.1 Å². The first-order valence-electron chi connectivity index (χ1n) is 3.80. The van der Waals surface area contributed by atoms with Crippen molar-refractivity contribution in [1.82, 2.24) is 0 Å². The number of carbonyl (C=O) groups excluding carboxylic acids is 1. The van der Waals surface area contributed by atoms with Gasteiger partial charge in [-0.25, -0.2) is 4.79 Å². The van der Waals surface area contributed by atoms with Gasteiger partial charge in [-0.1, -0.05) is 18.2 Å². The summed E-state index contributed by atoms with van der Waals surface area (Å²) >= 11 is 0. The lowest BCUT2D eigenvalue weighted by Gasteiger charge is -2.29. The molecule has 1 aromatic carbocycles. The van der Waals surface area contributed by atoms with Crippen LogP contribution in [0.4, 0.5) is 0 Å². The van der Waals surface area contributed by atoms with Crippen molar-refractivity contribution in [3.8, 4) is 0 Å². The molecule has 3 heteroatoms. The summed E-state index contributed by atoms with van der Waals surface area (Å²) in [7, 11) is 1.39. The van der Waals surface area contributed by atoms with Gasteiger partial charge in [-0.05, 0) is 6.07 Å². The van der Waals surface area contributed by atoms with Crippen LogP contribution in [-0.4, -0.2) is 17.6 Å². The van der Waals surface area contributed by atoms with Crippen molar-refractivity contribution in [2.45, 2.75) is 6.54 Å². The summed E-state index contributed by atoms with van der Waals surface area (Å²) in [5.74, 6) is -0.328. The van der Waals surface area contributed by atoms with E-state index < -0.39 is 4.65 Å². The van der Waals surface area contributed by atoms with E-state index in [0.717, 1.165) is 5.56 Å². The molecule has 0 N–H and O–H groups in total. The summed E-state index contributed by atoms with van der Waals surface area (Å²) < 4.78 is -0.792. The van der Waals surface area contributed by atoms with Gasteiger partial charge < -0.3 is 5.21 Å². The number of hydrogen-bond donors (Lipinski definition) is 0. The van der Waals surface area contributed by atoms with E-state index in [1.165, 1.54) is 7.05 Å². The highest BCUT2D eigenvalue weighted by Crippen LogP contribution is 2.26. The third kappa shape index (κ3) is 0.873. The Balaban J connectivity index is 2.57. The van der Waals surface area contributed by atoms with Gasteiger partial charge in [-0.15, -0.1) is 0 Å². The molecule has 0 radical (unpaired) electrons. The molecule has 1 atom stereocenters. The van der Waals surface area contributed by atoms with E-state index in [1.54, 1.807) is 12.1 Å². The van der Waals surface area contributed by atoms with Gasteiger partial charge in [-0.3, -0.25) is 4.65 Å². The van der Waals surface area contributed by atoms with Crippen LogP contribution < -0.4 is 0 Å². The second-order valence-electron chi connectivity index (χ2n) is 3.22. The van der Waals surface area contributed by atoms with Gasteiger partial charge in [0.15, 0.2) is 0 Å². The predicted octanol–water partition coefficient (Wildman–Crippen LogP) is 1.28. The van der Waals surface area contributed by atoms with Crippen molar-refractivity contribution in [2.75, 3.05) is 7.05 Å². The maximum atomic E-state index is 11.5. The second-order valence-corrected chi connectivity index (χ2v) is 3.22. The van der Waals surface area contributed by atoms with Gasteiger partial charge in [0.25, 0.3) is 0 Å². The first-order valence-corrected chi connectivity index (χ1v) is 3.80. The minimum absolute atomic E-state index is 0.273. The van der Waals surface area contributed by atoms with Crippen molar-refractivity contribution in [3.05, 3.63) is 40.6 Å².